The number of benzene rings is 2. The van der Waals surface area contributed by atoms with Crippen molar-refractivity contribution in [2.24, 2.45) is 5.92 Å². The number of hydrogen-bond donors (Lipinski definition) is 2. The molecule has 0 atom stereocenters. The molecule has 0 aromatic heterocycles. The zero-order chi connectivity index (χ0) is 20.0. The molecule has 0 heterocycles. The molecule has 0 spiro atoms. The van der Waals surface area contributed by atoms with E-state index in [4.69, 9.17) is 33.0 Å². The van der Waals surface area contributed by atoms with E-state index in [9.17, 15) is 9.59 Å². The van der Waals surface area contributed by atoms with Crippen LogP contribution in [0.4, 0.5) is 5.69 Å². The molecule has 0 saturated carbocycles. The minimum absolute atomic E-state index is 0.00174. The molecule has 0 aliphatic carbocycles. The van der Waals surface area contributed by atoms with Gasteiger partial charge in [0.25, 0.3) is 0 Å². The van der Waals surface area contributed by atoms with E-state index in [-0.39, 0.29) is 24.9 Å². The van der Waals surface area contributed by atoms with Crippen LogP contribution in [0.2, 0.25) is 10.0 Å². The summed E-state index contributed by atoms with van der Waals surface area (Å²) in [6, 6.07) is 10.6. The lowest BCUT2D eigenvalue weighted by atomic mass is 10.1. The summed E-state index contributed by atoms with van der Waals surface area (Å²) in [5, 5.41) is 12.3. The van der Waals surface area contributed by atoms with Crippen LogP contribution in [0.15, 0.2) is 36.4 Å². The van der Waals surface area contributed by atoms with E-state index >= 15 is 0 Å². The predicted molar refractivity (Wildman–Crippen MR) is 107 cm³/mol. The number of carbonyl (C=O) groups excluding carboxylic acids is 1. The molecule has 0 saturated heterocycles. The third-order valence-electron chi connectivity index (χ3n) is 3.79. The monoisotopic (exact) mass is 409 g/mol. The molecular weight excluding hydrogens is 389 g/mol. The van der Waals surface area contributed by atoms with Gasteiger partial charge in [-0.3, -0.25) is 9.59 Å². The SMILES string of the molecule is CC(C)C(=O)Nc1cccc(COc2c(Cl)cc(CCC(=O)O)cc2Cl)c1. The lowest BCUT2D eigenvalue weighted by Gasteiger charge is -2.13. The molecule has 0 unspecified atom stereocenters. The molecule has 0 bridgehead atoms. The lowest BCUT2D eigenvalue weighted by molar-refractivity contribution is -0.137. The van der Waals surface area contributed by atoms with Gasteiger partial charge in [-0.25, -0.2) is 0 Å². The van der Waals surface area contributed by atoms with E-state index in [0.29, 0.717) is 27.9 Å². The summed E-state index contributed by atoms with van der Waals surface area (Å²) in [6.45, 7) is 3.87. The molecule has 7 heteroatoms. The van der Waals surface area contributed by atoms with Gasteiger partial charge in [-0.05, 0) is 41.8 Å². The van der Waals surface area contributed by atoms with Gasteiger partial charge in [0.1, 0.15) is 6.61 Å². The van der Waals surface area contributed by atoms with Gasteiger partial charge in [0.15, 0.2) is 5.75 Å². The van der Waals surface area contributed by atoms with E-state index in [2.05, 4.69) is 5.32 Å². The molecule has 2 N–H and O–H groups in total. The van der Waals surface area contributed by atoms with Crippen LogP contribution in [0.3, 0.4) is 0 Å². The lowest BCUT2D eigenvalue weighted by Crippen LogP contribution is -2.17. The number of carboxylic acids is 1. The summed E-state index contributed by atoms with van der Waals surface area (Å²) in [4.78, 5) is 22.5. The van der Waals surface area contributed by atoms with Crippen molar-refractivity contribution < 1.29 is 19.4 Å². The maximum absolute atomic E-state index is 11.8. The normalized spacial score (nSPS) is 10.7. The maximum atomic E-state index is 11.8. The Morgan fingerprint density at radius 2 is 1.78 bits per heavy atom. The van der Waals surface area contributed by atoms with E-state index in [0.717, 1.165) is 11.1 Å². The molecule has 2 rings (SSSR count). The van der Waals surface area contributed by atoms with E-state index in [1.165, 1.54) is 0 Å². The highest BCUT2D eigenvalue weighted by Crippen LogP contribution is 2.35. The van der Waals surface area contributed by atoms with Crippen molar-refractivity contribution in [1.82, 2.24) is 0 Å². The topological polar surface area (TPSA) is 75.6 Å². The van der Waals surface area contributed by atoms with Gasteiger partial charge in [0.05, 0.1) is 10.0 Å². The highest BCUT2D eigenvalue weighted by atomic mass is 35.5. The molecule has 144 valence electrons. The number of rotatable bonds is 8. The number of nitrogens with one attached hydrogen (secondary N) is 1. The number of carboxylic acid groups (broad SMARTS) is 1. The molecule has 0 fully saturated rings. The number of aryl methyl sites for hydroxylation is 1. The van der Waals surface area contributed by atoms with Crippen LogP contribution in [0.25, 0.3) is 0 Å². The van der Waals surface area contributed by atoms with Gasteiger partial charge in [0, 0.05) is 18.0 Å². The fourth-order valence-electron chi connectivity index (χ4n) is 2.33. The van der Waals surface area contributed by atoms with Crippen molar-refractivity contribution in [2.75, 3.05) is 5.32 Å². The van der Waals surface area contributed by atoms with Gasteiger partial charge in [-0.1, -0.05) is 49.2 Å². The van der Waals surface area contributed by atoms with Crippen LogP contribution in [-0.4, -0.2) is 17.0 Å². The minimum atomic E-state index is -0.882. The first-order valence-electron chi connectivity index (χ1n) is 8.48. The largest absolute Gasteiger partial charge is 0.486 e. The van der Waals surface area contributed by atoms with Gasteiger partial charge >= 0.3 is 5.97 Å². The minimum Gasteiger partial charge on any atom is -0.486 e. The Morgan fingerprint density at radius 3 is 2.37 bits per heavy atom. The predicted octanol–water partition coefficient (Wildman–Crippen LogP) is 5.18. The van der Waals surface area contributed by atoms with Crippen LogP contribution in [0.1, 0.15) is 31.4 Å². The standard InChI is InChI=1S/C20H21Cl2NO4/c1-12(2)20(26)23-15-5-3-4-14(8-15)11-27-19-16(21)9-13(10-17(19)22)6-7-18(24)25/h3-5,8-10,12H,6-7,11H2,1-2H3,(H,23,26)(H,24,25). The van der Waals surface area contributed by atoms with E-state index < -0.39 is 5.97 Å². The molecule has 2 aromatic carbocycles. The molecule has 5 nitrogen and oxygen atoms in total. The van der Waals surface area contributed by atoms with Crippen molar-refractivity contribution in [3.8, 4) is 5.75 Å². The third kappa shape index (κ3) is 6.45. The first-order chi connectivity index (χ1) is 12.8. The summed E-state index contributed by atoms with van der Waals surface area (Å²) in [7, 11) is 0. The number of carbonyl (C=O) groups is 2. The quantitative estimate of drug-likeness (QED) is 0.629. The Labute approximate surface area is 168 Å². The molecule has 0 aliphatic heterocycles. The summed E-state index contributed by atoms with van der Waals surface area (Å²) in [5.74, 6) is -0.709. The van der Waals surface area contributed by atoms with E-state index in [1.807, 2.05) is 32.0 Å². The Hall–Kier alpha value is -2.24. The number of aliphatic carboxylic acids is 1. The molecule has 1 amide bonds. The van der Waals surface area contributed by atoms with Crippen molar-refractivity contribution in [1.29, 1.82) is 0 Å². The smallest absolute Gasteiger partial charge is 0.303 e. The van der Waals surface area contributed by atoms with Crippen molar-refractivity contribution >= 4 is 40.8 Å². The fraction of sp³-hybridized carbons (Fsp3) is 0.300. The average Bonchev–Trinajstić information content (AvgIpc) is 2.59. The van der Waals surface area contributed by atoms with Gasteiger partial charge in [-0.15, -0.1) is 0 Å². The van der Waals surface area contributed by atoms with Crippen molar-refractivity contribution in [2.45, 2.75) is 33.3 Å². The van der Waals surface area contributed by atoms with Crippen molar-refractivity contribution in [3.63, 3.8) is 0 Å². The molecule has 27 heavy (non-hydrogen) atoms. The first kappa shape index (κ1) is 21.1. The molecule has 2 aromatic rings. The zero-order valence-corrected chi connectivity index (χ0v) is 16.6. The number of anilines is 1. The fourth-order valence-corrected chi connectivity index (χ4v) is 2.97. The second kappa shape index (κ2) is 9.62. The van der Waals surface area contributed by atoms with Gasteiger partial charge in [-0.2, -0.15) is 0 Å². The summed E-state index contributed by atoms with van der Waals surface area (Å²) in [5.41, 5.74) is 2.27. The highest BCUT2D eigenvalue weighted by molar-refractivity contribution is 6.37. The van der Waals surface area contributed by atoms with Gasteiger partial charge in [0.2, 0.25) is 5.91 Å². The zero-order valence-electron chi connectivity index (χ0n) is 15.1. The Balaban J connectivity index is 2.06. The highest BCUT2D eigenvalue weighted by Gasteiger charge is 2.12. The van der Waals surface area contributed by atoms with E-state index in [1.54, 1.807) is 18.2 Å². The molecule has 0 radical (unpaired) electrons. The third-order valence-corrected chi connectivity index (χ3v) is 4.35. The van der Waals surface area contributed by atoms with Crippen LogP contribution >= 0.6 is 23.2 Å². The Kier molecular flexibility index (Phi) is 7.51. The number of amides is 1. The summed E-state index contributed by atoms with van der Waals surface area (Å²) >= 11 is 12.5. The van der Waals surface area contributed by atoms with Crippen LogP contribution in [-0.2, 0) is 22.6 Å². The number of ether oxygens (including phenoxy) is 1. The second-order valence-corrected chi connectivity index (χ2v) is 7.23. The van der Waals surface area contributed by atoms with Crippen LogP contribution < -0.4 is 10.1 Å². The number of hydrogen-bond acceptors (Lipinski definition) is 3. The first-order valence-corrected chi connectivity index (χ1v) is 9.24. The summed E-state index contributed by atoms with van der Waals surface area (Å²) < 4.78 is 5.75. The van der Waals surface area contributed by atoms with Crippen LogP contribution in [0, 0.1) is 5.92 Å². The summed E-state index contributed by atoms with van der Waals surface area (Å²) in [6.07, 6.45) is 0.342. The Morgan fingerprint density at radius 1 is 1.11 bits per heavy atom. The average molecular weight is 410 g/mol. The molecular formula is C20H21Cl2NO4. The number of halogens is 2. The second-order valence-electron chi connectivity index (χ2n) is 6.42. The molecule has 0 aliphatic rings. The van der Waals surface area contributed by atoms with Crippen molar-refractivity contribution in [3.05, 3.63) is 57.6 Å². The Bertz CT molecular complexity index is 813. The van der Waals surface area contributed by atoms with Crippen LogP contribution in [0.5, 0.6) is 5.75 Å². The van der Waals surface area contributed by atoms with Gasteiger partial charge < -0.3 is 15.2 Å². The maximum Gasteiger partial charge on any atom is 0.303 e.